The van der Waals surface area contributed by atoms with Gasteiger partial charge in [0, 0.05) is 16.5 Å². The number of ether oxygens (including phenoxy) is 1. The van der Waals surface area contributed by atoms with Gasteiger partial charge >= 0.3 is 0 Å². The highest BCUT2D eigenvalue weighted by atomic mass is 16.5. The minimum absolute atomic E-state index is 0.0904. The number of para-hydroxylation sites is 2. The fourth-order valence-corrected chi connectivity index (χ4v) is 2.98. The molecule has 25 heavy (non-hydrogen) atoms. The largest absolute Gasteiger partial charge is 0.491 e. The maximum absolute atomic E-state index is 12.2. The standard InChI is InChI=1S/C19H17N3O3/c23-18(22-16-11-25-17-8-4-2-6-13(16)17)10-20-19(24)15-9-12-5-1-3-7-14(12)21-15/h1-9,16,21H,10-11H2,(H,20,24)(H,22,23)/t16-/m1/s1. The number of aromatic nitrogens is 1. The highest BCUT2D eigenvalue weighted by Crippen LogP contribution is 2.31. The Bertz CT molecular complexity index is 915. The van der Waals surface area contributed by atoms with Gasteiger partial charge in [0.25, 0.3) is 5.91 Å². The number of carbonyl (C=O) groups is 2. The molecule has 1 aliphatic rings. The summed E-state index contributed by atoms with van der Waals surface area (Å²) in [4.78, 5) is 27.4. The zero-order valence-corrected chi connectivity index (χ0v) is 13.4. The van der Waals surface area contributed by atoms with E-state index in [-0.39, 0.29) is 24.4 Å². The Morgan fingerprint density at radius 2 is 1.92 bits per heavy atom. The van der Waals surface area contributed by atoms with Crippen LogP contribution in [0, 0.1) is 0 Å². The first kappa shape index (κ1) is 15.3. The van der Waals surface area contributed by atoms with Crippen molar-refractivity contribution >= 4 is 22.7 Å². The lowest BCUT2D eigenvalue weighted by Crippen LogP contribution is -2.39. The lowest BCUT2D eigenvalue weighted by molar-refractivity contribution is -0.120. The normalized spacial score (nSPS) is 15.4. The highest BCUT2D eigenvalue weighted by Gasteiger charge is 2.25. The fourth-order valence-electron chi connectivity index (χ4n) is 2.98. The van der Waals surface area contributed by atoms with Crippen LogP contribution >= 0.6 is 0 Å². The first-order chi connectivity index (χ1) is 12.2. The van der Waals surface area contributed by atoms with Crippen LogP contribution in [0.2, 0.25) is 0 Å². The SMILES string of the molecule is O=C(CNC(=O)c1cc2ccccc2[nH]1)N[C@@H]1COc2ccccc21. The molecule has 0 saturated carbocycles. The van der Waals surface area contributed by atoms with E-state index in [1.54, 1.807) is 6.07 Å². The van der Waals surface area contributed by atoms with Crippen molar-refractivity contribution in [3.8, 4) is 5.75 Å². The number of H-pyrrole nitrogens is 1. The lowest BCUT2D eigenvalue weighted by Gasteiger charge is -2.12. The summed E-state index contributed by atoms with van der Waals surface area (Å²) in [6, 6.07) is 16.8. The predicted octanol–water partition coefficient (Wildman–Crippen LogP) is 2.15. The molecule has 2 aromatic carbocycles. The van der Waals surface area contributed by atoms with E-state index in [1.807, 2.05) is 48.5 Å². The fraction of sp³-hybridized carbons (Fsp3) is 0.158. The quantitative estimate of drug-likeness (QED) is 0.683. The molecule has 0 saturated heterocycles. The van der Waals surface area contributed by atoms with Crippen LogP contribution in [0.4, 0.5) is 0 Å². The molecular weight excluding hydrogens is 318 g/mol. The molecule has 1 atom stereocenters. The van der Waals surface area contributed by atoms with E-state index in [1.165, 1.54) is 0 Å². The minimum atomic E-state index is -0.311. The first-order valence-electron chi connectivity index (χ1n) is 8.08. The van der Waals surface area contributed by atoms with Crippen LogP contribution in [0.1, 0.15) is 22.1 Å². The zero-order chi connectivity index (χ0) is 17.2. The minimum Gasteiger partial charge on any atom is -0.491 e. The molecule has 0 unspecified atom stereocenters. The monoisotopic (exact) mass is 335 g/mol. The van der Waals surface area contributed by atoms with Gasteiger partial charge in [-0.1, -0.05) is 36.4 Å². The Balaban J connectivity index is 1.35. The van der Waals surface area contributed by atoms with Crippen LogP contribution < -0.4 is 15.4 Å². The number of rotatable bonds is 4. The highest BCUT2D eigenvalue weighted by molar-refractivity contribution is 5.99. The molecule has 4 rings (SSSR count). The topological polar surface area (TPSA) is 83.2 Å². The maximum atomic E-state index is 12.2. The number of amides is 2. The second-order valence-corrected chi connectivity index (χ2v) is 5.92. The molecule has 1 aliphatic heterocycles. The summed E-state index contributed by atoms with van der Waals surface area (Å²) in [7, 11) is 0. The summed E-state index contributed by atoms with van der Waals surface area (Å²) in [6.07, 6.45) is 0. The molecule has 6 heteroatoms. The van der Waals surface area contributed by atoms with Crippen LogP contribution in [0.5, 0.6) is 5.75 Å². The number of hydrogen-bond acceptors (Lipinski definition) is 3. The van der Waals surface area contributed by atoms with Crippen molar-refractivity contribution in [3.63, 3.8) is 0 Å². The van der Waals surface area contributed by atoms with Gasteiger partial charge in [-0.25, -0.2) is 0 Å². The number of carbonyl (C=O) groups excluding carboxylic acids is 2. The average molecular weight is 335 g/mol. The Labute approximate surface area is 144 Å². The predicted molar refractivity (Wildman–Crippen MR) is 93.5 cm³/mol. The van der Waals surface area contributed by atoms with E-state index in [0.29, 0.717) is 12.3 Å². The van der Waals surface area contributed by atoms with Crippen LogP contribution in [0.15, 0.2) is 54.6 Å². The molecule has 1 aromatic heterocycles. The van der Waals surface area contributed by atoms with E-state index < -0.39 is 0 Å². The molecule has 3 N–H and O–H groups in total. The van der Waals surface area contributed by atoms with Gasteiger partial charge in [-0.05, 0) is 18.2 Å². The van der Waals surface area contributed by atoms with E-state index in [2.05, 4.69) is 15.6 Å². The van der Waals surface area contributed by atoms with Gasteiger partial charge in [0.05, 0.1) is 12.6 Å². The Hall–Kier alpha value is -3.28. The molecule has 6 nitrogen and oxygen atoms in total. The van der Waals surface area contributed by atoms with Gasteiger partial charge in [0.1, 0.15) is 18.1 Å². The van der Waals surface area contributed by atoms with Gasteiger partial charge in [0.15, 0.2) is 0 Å². The molecule has 0 fully saturated rings. The van der Waals surface area contributed by atoms with Crippen molar-refractivity contribution < 1.29 is 14.3 Å². The van der Waals surface area contributed by atoms with Gasteiger partial charge in [-0.15, -0.1) is 0 Å². The van der Waals surface area contributed by atoms with Crippen LogP contribution in [0.25, 0.3) is 10.9 Å². The third kappa shape index (κ3) is 3.06. The number of fused-ring (bicyclic) bond motifs is 2. The Kier molecular flexibility index (Phi) is 3.85. The van der Waals surface area contributed by atoms with Crippen LogP contribution in [-0.4, -0.2) is 29.9 Å². The Morgan fingerprint density at radius 1 is 1.12 bits per heavy atom. The van der Waals surface area contributed by atoms with Gasteiger partial charge in [0.2, 0.25) is 5.91 Å². The third-order valence-corrected chi connectivity index (χ3v) is 4.22. The first-order valence-corrected chi connectivity index (χ1v) is 8.08. The smallest absolute Gasteiger partial charge is 0.268 e. The molecular formula is C19H17N3O3. The van der Waals surface area contributed by atoms with Crippen LogP contribution in [-0.2, 0) is 4.79 Å². The van der Waals surface area contributed by atoms with Crippen molar-refractivity contribution in [2.75, 3.05) is 13.2 Å². The van der Waals surface area contributed by atoms with Crippen molar-refractivity contribution in [2.24, 2.45) is 0 Å². The summed E-state index contributed by atoms with van der Waals surface area (Å²) >= 11 is 0. The number of aromatic amines is 1. The van der Waals surface area contributed by atoms with Gasteiger partial charge in [-0.3, -0.25) is 9.59 Å². The maximum Gasteiger partial charge on any atom is 0.268 e. The summed E-state index contributed by atoms with van der Waals surface area (Å²) in [5.41, 5.74) is 2.28. The summed E-state index contributed by atoms with van der Waals surface area (Å²) < 4.78 is 5.53. The molecule has 0 spiro atoms. The molecule has 0 aliphatic carbocycles. The second-order valence-electron chi connectivity index (χ2n) is 5.92. The third-order valence-electron chi connectivity index (χ3n) is 4.22. The molecule has 3 aromatic rings. The molecule has 0 bridgehead atoms. The van der Waals surface area contributed by atoms with E-state index in [9.17, 15) is 9.59 Å². The van der Waals surface area contributed by atoms with Crippen molar-refractivity contribution in [1.29, 1.82) is 0 Å². The number of hydrogen-bond donors (Lipinski definition) is 3. The van der Waals surface area contributed by atoms with E-state index >= 15 is 0 Å². The van der Waals surface area contributed by atoms with Crippen molar-refractivity contribution in [3.05, 3.63) is 65.9 Å². The zero-order valence-electron chi connectivity index (χ0n) is 13.4. The number of benzene rings is 2. The molecule has 126 valence electrons. The molecule has 2 amide bonds. The number of nitrogens with one attached hydrogen (secondary N) is 3. The summed E-state index contributed by atoms with van der Waals surface area (Å²) in [6.45, 7) is 0.313. The van der Waals surface area contributed by atoms with E-state index in [0.717, 1.165) is 22.2 Å². The second kappa shape index (κ2) is 6.32. The van der Waals surface area contributed by atoms with Crippen molar-refractivity contribution in [2.45, 2.75) is 6.04 Å². The van der Waals surface area contributed by atoms with Crippen LogP contribution in [0.3, 0.4) is 0 Å². The van der Waals surface area contributed by atoms with Crippen molar-refractivity contribution in [1.82, 2.24) is 15.6 Å². The average Bonchev–Trinajstić information content (AvgIpc) is 3.24. The summed E-state index contributed by atoms with van der Waals surface area (Å²) in [5.74, 6) is 0.221. The molecule has 0 radical (unpaired) electrons. The van der Waals surface area contributed by atoms with E-state index in [4.69, 9.17) is 4.74 Å². The molecule has 2 heterocycles. The van der Waals surface area contributed by atoms with Gasteiger partial charge in [-0.2, -0.15) is 0 Å². The van der Waals surface area contributed by atoms with Gasteiger partial charge < -0.3 is 20.4 Å². The summed E-state index contributed by atoms with van der Waals surface area (Å²) in [5, 5.41) is 6.47. The Morgan fingerprint density at radius 3 is 2.80 bits per heavy atom. The lowest BCUT2D eigenvalue weighted by atomic mass is 10.1.